The summed E-state index contributed by atoms with van der Waals surface area (Å²) in [6.07, 6.45) is 3.93. The SMILES string of the molecule is NCC(=O)NCC#Cc1cccc(C2CCC2)c1. The lowest BCUT2D eigenvalue weighted by atomic mass is 9.80. The van der Waals surface area contributed by atoms with Gasteiger partial charge < -0.3 is 11.1 Å². The first-order valence-corrected chi connectivity index (χ1v) is 6.35. The van der Waals surface area contributed by atoms with E-state index >= 15 is 0 Å². The summed E-state index contributed by atoms with van der Waals surface area (Å²) in [6, 6.07) is 8.38. The zero-order chi connectivity index (χ0) is 12.8. The molecule has 0 heterocycles. The van der Waals surface area contributed by atoms with Crippen LogP contribution in [0.3, 0.4) is 0 Å². The second-order valence-electron chi connectivity index (χ2n) is 4.54. The van der Waals surface area contributed by atoms with Crippen molar-refractivity contribution in [3.8, 4) is 11.8 Å². The predicted molar refractivity (Wildman–Crippen MR) is 72.0 cm³/mol. The monoisotopic (exact) mass is 242 g/mol. The molecule has 94 valence electrons. The third kappa shape index (κ3) is 3.35. The van der Waals surface area contributed by atoms with Gasteiger partial charge in [0.1, 0.15) is 0 Å². The molecule has 0 saturated heterocycles. The van der Waals surface area contributed by atoms with Crippen LogP contribution in [0.25, 0.3) is 0 Å². The standard InChI is InChI=1S/C15H18N2O/c16-11-15(18)17-9-3-5-12-4-1-8-14(10-12)13-6-2-7-13/h1,4,8,10,13H,2,6-7,9,11,16H2,(H,17,18). The maximum Gasteiger partial charge on any atom is 0.234 e. The second kappa shape index (κ2) is 6.23. The Balaban J connectivity index is 1.92. The number of nitrogens with one attached hydrogen (secondary N) is 1. The molecule has 18 heavy (non-hydrogen) atoms. The third-order valence-electron chi connectivity index (χ3n) is 3.26. The molecule has 0 radical (unpaired) electrons. The van der Waals surface area contributed by atoms with Crippen LogP contribution in [-0.4, -0.2) is 19.0 Å². The Morgan fingerprint density at radius 3 is 2.94 bits per heavy atom. The lowest BCUT2D eigenvalue weighted by Crippen LogP contribution is -2.30. The van der Waals surface area contributed by atoms with Crippen LogP contribution in [0.4, 0.5) is 0 Å². The molecule has 0 bridgehead atoms. The minimum Gasteiger partial charge on any atom is -0.344 e. The molecule has 0 unspecified atom stereocenters. The van der Waals surface area contributed by atoms with Crippen molar-refractivity contribution >= 4 is 5.91 Å². The maximum atomic E-state index is 10.9. The molecule has 2 rings (SSSR count). The van der Waals surface area contributed by atoms with E-state index in [1.54, 1.807) is 0 Å². The van der Waals surface area contributed by atoms with Crippen LogP contribution < -0.4 is 11.1 Å². The van der Waals surface area contributed by atoms with E-state index in [-0.39, 0.29) is 12.5 Å². The molecule has 1 saturated carbocycles. The molecule has 1 aromatic rings. The van der Waals surface area contributed by atoms with E-state index in [0.29, 0.717) is 6.54 Å². The zero-order valence-corrected chi connectivity index (χ0v) is 10.4. The van der Waals surface area contributed by atoms with Gasteiger partial charge in [0, 0.05) is 5.56 Å². The predicted octanol–water partition coefficient (Wildman–Crippen LogP) is 1.38. The molecule has 0 spiro atoms. The third-order valence-corrected chi connectivity index (χ3v) is 3.26. The van der Waals surface area contributed by atoms with Gasteiger partial charge in [-0.15, -0.1) is 0 Å². The fourth-order valence-corrected chi connectivity index (χ4v) is 1.97. The maximum absolute atomic E-state index is 10.9. The molecule has 1 amide bonds. The molecule has 1 aromatic carbocycles. The van der Waals surface area contributed by atoms with E-state index in [0.717, 1.165) is 11.5 Å². The van der Waals surface area contributed by atoms with Gasteiger partial charge in [0.2, 0.25) is 5.91 Å². The highest BCUT2D eigenvalue weighted by atomic mass is 16.1. The van der Waals surface area contributed by atoms with Crippen LogP contribution in [0, 0.1) is 11.8 Å². The number of hydrogen-bond acceptors (Lipinski definition) is 2. The summed E-state index contributed by atoms with van der Waals surface area (Å²) in [5.41, 5.74) is 7.58. The summed E-state index contributed by atoms with van der Waals surface area (Å²) in [5.74, 6) is 6.55. The van der Waals surface area contributed by atoms with Crippen LogP contribution in [0.15, 0.2) is 24.3 Å². The number of benzene rings is 1. The van der Waals surface area contributed by atoms with Crippen molar-refractivity contribution in [1.82, 2.24) is 5.32 Å². The summed E-state index contributed by atoms with van der Waals surface area (Å²) >= 11 is 0. The highest BCUT2D eigenvalue weighted by Gasteiger charge is 2.18. The van der Waals surface area contributed by atoms with Crippen molar-refractivity contribution in [3.63, 3.8) is 0 Å². The number of amides is 1. The molecule has 3 N–H and O–H groups in total. The molecule has 0 aliphatic heterocycles. The van der Waals surface area contributed by atoms with Crippen molar-refractivity contribution in [2.75, 3.05) is 13.1 Å². The average Bonchev–Trinajstić information content (AvgIpc) is 2.33. The molecular weight excluding hydrogens is 224 g/mol. The van der Waals surface area contributed by atoms with Gasteiger partial charge in [0.15, 0.2) is 0 Å². The van der Waals surface area contributed by atoms with Crippen molar-refractivity contribution in [2.24, 2.45) is 5.73 Å². The average molecular weight is 242 g/mol. The minimum atomic E-state index is -0.174. The van der Waals surface area contributed by atoms with E-state index in [4.69, 9.17) is 5.73 Å². The fourth-order valence-electron chi connectivity index (χ4n) is 1.97. The van der Waals surface area contributed by atoms with Crippen molar-refractivity contribution in [1.29, 1.82) is 0 Å². The highest BCUT2D eigenvalue weighted by molar-refractivity contribution is 5.77. The number of carbonyl (C=O) groups excluding carboxylic acids is 1. The Morgan fingerprint density at radius 2 is 2.28 bits per heavy atom. The topological polar surface area (TPSA) is 55.1 Å². The molecule has 0 aromatic heterocycles. The van der Waals surface area contributed by atoms with E-state index in [1.165, 1.54) is 24.8 Å². The first-order valence-electron chi connectivity index (χ1n) is 6.35. The summed E-state index contributed by atoms with van der Waals surface area (Å²) in [7, 11) is 0. The molecule has 1 aliphatic rings. The number of nitrogens with two attached hydrogens (primary N) is 1. The van der Waals surface area contributed by atoms with Crippen molar-refractivity contribution < 1.29 is 4.79 Å². The quantitative estimate of drug-likeness (QED) is 0.787. The number of carbonyl (C=O) groups is 1. The Bertz CT molecular complexity index is 481. The van der Waals surface area contributed by atoms with Gasteiger partial charge in [-0.3, -0.25) is 4.79 Å². The lowest BCUT2D eigenvalue weighted by Gasteiger charge is -2.25. The Kier molecular flexibility index (Phi) is 4.38. The van der Waals surface area contributed by atoms with Crippen molar-refractivity contribution in [3.05, 3.63) is 35.4 Å². The lowest BCUT2D eigenvalue weighted by molar-refractivity contribution is -0.119. The number of hydrogen-bond donors (Lipinski definition) is 2. The van der Waals surface area contributed by atoms with Crippen LogP contribution in [0.2, 0.25) is 0 Å². The molecule has 1 fully saturated rings. The van der Waals surface area contributed by atoms with Gasteiger partial charge in [0.05, 0.1) is 13.1 Å². The van der Waals surface area contributed by atoms with Gasteiger partial charge in [0.25, 0.3) is 0 Å². The highest BCUT2D eigenvalue weighted by Crippen LogP contribution is 2.36. The Labute approximate surface area is 108 Å². The zero-order valence-electron chi connectivity index (χ0n) is 10.4. The second-order valence-corrected chi connectivity index (χ2v) is 4.54. The molecule has 3 heteroatoms. The molecular formula is C15H18N2O. The Hall–Kier alpha value is -1.79. The smallest absolute Gasteiger partial charge is 0.234 e. The van der Waals surface area contributed by atoms with Crippen LogP contribution in [0.5, 0.6) is 0 Å². The van der Waals surface area contributed by atoms with E-state index in [9.17, 15) is 4.79 Å². The van der Waals surface area contributed by atoms with Crippen molar-refractivity contribution in [2.45, 2.75) is 25.2 Å². The van der Waals surface area contributed by atoms with Gasteiger partial charge in [-0.2, -0.15) is 0 Å². The molecule has 1 aliphatic carbocycles. The Morgan fingerprint density at radius 1 is 1.44 bits per heavy atom. The largest absolute Gasteiger partial charge is 0.344 e. The summed E-state index contributed by atoms with van der Waals surface area (Å²) in [5, 5.41) is 2.62. The van der Waals surface area contributed by atoms with Gasteiger partial charge in [-0.05, 0) is 36.5 Å². The van der Waals surface area contributed by atoms with Crippen LogP contribution >= 0.6 is 0 Å². The summed E-state index contributed by atoms with van der Waals surface area (Å²) < 4.78 is 0. The van der Waals surface area contributed by atoms with Crippen LogP contribution in [-0.2, 0) is 4.79 Å². The fraction of sp³-hybridized carbons (Fsp3) is 0.400. The summed E-state index contributed by atoms with van der Waals surface area (Å²) in [4.78, 5) is 10.9. The summed E-state index contributed by atoms with van der Waals surface area (Å²) in [6.45, 7) is 0.364. The first-order chi connectivity index (χ1) is 8.79. The van der Waals surface area contributed by atoms with E-state index in [2.05, 4.69) is 35.4 Å². The molecule has 0 atom stereocenters. The first kappa shape index (κ1) is 12.7. The van der Waals surface area contributed by atoms with Gasteiger partial charge >= 0.3 is 0 Å². The van der Waals surface area contributed by atoms with Gasteiger partial charge in [-0.25, -0.2) is 0 Å². The normalized spacial score (nSPS) is 14.3. The van der Waals surface area contributed by atoms with E-state index in [1.807, 2.05) is 6.07 Å². The minimum absolute atomic E-state index is 0.0127. The van der Waals surface area contributed by atoms with E-state index < -0.39 is 0 Å². The van der Waals surface area contributed by atoms with Crippen LogP contribution in [0.1, 0.15) is 36.3 Å². The number of rotatable bonds is 3. The molecule has 3 nitrogen and oxygen atoms in total. The van der Waals surface area contributed by atoms with Gasteiger partial charge in [-0.1, -0.05) is 30.4 Å².